The largest absolute Gasteiger partial charge is 0.493 e. The molecule has 1 aromatic heterocycles. The van der Waals surface area contributed by atoms with E-state index in [2.05, 4.69) is 37.8 Å². The molecule has 24 heavy (non-hydrogen) atoms. The van der Waals surface area contributed by atoms with Crippen molar-refractivity contribution in [2.24, 2.45) is 12.0 Å². The number of hydrogen-bond donors (Lipinski definition) is 2. The highest BCUT2D eigenvalue weighted by Crippen LogP contribution is 2.32. The molecule has 0 aliphatic carbocycles. The summed E-state index contributed by atoms with van der Waals surface area (Å²) in [5.74, 6) is 3.04. The number of fused-ring (bicyclic) bond motifs is 1. The number of aromatic nitrogens is 3. The molecule has 0 saturated carbocycles. The van der Waals surface area contributed by atoms with Gasteiger partial charge in [-0.25, -0.2) is 4.98 Å². The second kappa shape index (κ2) is 8.86. The van der Waals surface area contributed by atoms with Gasteiger partial charge >= 0.3 is 0 Å². The predicted molar refractivity (Wildman–Crippen MR) is 104 cm³/mol. The highest BCUT2D eigenvalue weighted by Gasteiger charge is 2.21. The van der Waals surface area contributed by atoms with Crippen molar-refractivity contribution in [1.82, 2.24) is 25.4 Å². The van der Waals surface area contributed by atoms with Crippen LogP contribution in [0.3, 0.4) is 0 Å². The topological polar surface area (TPSA) is 76.4 Å². The van der Waals surface area contributed by atoms with Gasteiger partial charge in [-0.15, -0.1) is 24.0 Å². The third-order valence-electron chi connectivity index (χ3n) is 4.04. The number of nitrogens with zero attached hydrogens (tertiary/aromatic N) is 4. The zero-order valence-corrected chi connectivity index (χ0v) is 16.2. The first-order chi connectivity index (χ1) is 11.3. The molecule has 2 aromatic rings. The van der Waals surface area contributed by atoms with Crippen LogP contribution in [0.15, 0.2) is 35.6 Å². The summed E-state index contributed by atoms with van der Waals surface area (Å²) in [5, 5.41) is 10.7. The average molecular weight is 442 g/mol. The molecule has 1 aliphatic heterocycles. The van der Waals surface area contributed by atoms with E-state index in [1.54, 1.807) is 18.1 Å². The predicted octanol–water partition coefficient (Wildman–Crippen LogP) is 1.66. The number of ether oxygens (including phenoxy) is 1. The van der Waals surface area contributed by atoms with Crippen molar-refractivity contribution < 1.29 is 4.74 Å². The summed E-state index contributed by atoms with van der Waals surface area (Å²) in [6.45, 7) is 2.16. The van der Waals surface area contributed by atoms with Gasteiger partial charge in [0.2, 0.25) is 0 Å². The summed E-state index contributed by atoms with van der Waals surface area (Å²) in [7, 11) is 3.64. The van der Waals surface area contributed by atoms with Crippen LogP contribution in [-0.2, 0) is 13.6 Å². The van der Waals surface area contributed by atoms with Crippen LogP contribution < -0.4 is 15.4 Å². The van der Waals surface area contributed by atoms with Crippen molar-refractivity contribution in [3.8, 4) is 5.75 Å². The Morgan fingerprint density at radius 1 is 1.38 bits per heavy atom. The van der Waals surface area contributed by atoms with Gasteiger partial charge in [0.25, 0.3) is 0 Å². The third kappa shape index (κ3) is 4.37. The normalized spacial score (nSPS) is 16.6. The number of aryl methyl sites for hydroxylation is 1. The van der Waals surface area contributed by atoms with Gasteiger partial charge in [0.15, 0.2) is 5.96 Å². The maximum absolute atomic E-state index is 5.70. The van der Waals surface area contributed by atoms with Crippen molar-refractivity contribution in [2.75, 3.05) is 20.2 Å². The van der Waals surface area contributed by atoms with E-state index in [1.807, 2.05) is 19.2 Å². The maximum Gasteiger partial charge on any atom is 0.191 e. The van der Waals surface area contributed by atoms with Gasteiger partial charge in [-0.05, 0) is 18.1 Å². The Labute approximate surface area is 158 Å². The Bertz CT molecular complexity index is 687. The summed E-state index contributed by atoms with van der Waals surface area (Å²) in [5.41, 5.74) is 1.26. The van der Waals surface area contributed by atoms with Crippen LogP contribution in [-0.4, -0.2) is 40.9 Å². The molecule has 8 heteroatoms. The second-order valence-electron chi connectivity index (χ2n) is 5.48. The smallest absolute Gasteiger partial charge is 0.191 e. The van der Waals surface area contributed by atoms with E-state index >= 15 is 0 Å². The molecule has 2 N–H and O–H groups in total. The summed E-state index contributed by atoms with van der Waals surface area (Å²) in [4.78, 5) is 8.46. The van der Waals surface area contributed by atoms with E-state index in [4.69, 9.17) is 4.74 Å². The van der Waals surface area contributed by atoms with Gasteiger partial charge in [-0.3, -0.25) is 9.67 Å². The molecule has 7 nitrogen and oxygen atoms in total. The number of guanidine groups is 1. The Morgan fingerprint density at radius 2 is 2.21 bits per heavy atom. The first-order valence-electron chi connectivity index (χ1n) is 7.77. The Morgan fingerprint density at radius 3 is 2.96 bits per heavy atom. The highest BCUT2D eigenvalue weighted by molar-refractivity contribution is 14.0. The fraction of sp³-hybridized carbons (Fsp3) is 0.438. The highest BCUT2D eigenvalue weighted by atomic mass is 127. The number of para-hydroxylation sites is 1. The summed E-state index contributed by atoms with van der Waals surface area (Å²) in [6.07, 6.45) is 2.55. The molecule has 0 saturated heterocycles. The summed E-state index contributed by atoms with van der Waals surface area (Å²) in [6, 6.07) is 8.23. The van der Waals surface area contributed by atoms with Crippen LogP contribution in [0.1, 0.15) is 23.7 Å². The molecule has 0 fully saturated rings. The van der Waals surface area contributed by atoms with Crippen LogP contribution in [0.25, 0.3) is 0 Å². The van der Waals surface area contributed by atoms with Crippen molar-refractivity contribution in [1.29, 1.82) is 0 Å². The molecule has 130 valence electrons. The van der Waals surface area contributed by atoms with Crippen LogP contribution in [0.2, 0.25) is 0 Å². The standard InChI is InChI=1S/C16H22N6O.HI/c1-17-16(19-10-15-20-11-21-22(15)2)18-9-12-7-8-23-14-6-4-3-5-13(12)14;/h3-6,11-12H,7-10H2,1-2H3,(H2,17,18,19);1H. The van der Waals surface area contributed by atoms with Crippen LogP contribution >= 0.6 is 24.0 Å². The number of benzene rings is 1. The average Bonchev–Trinajstić information content (AvgIpc) is 3.00. The molecule has 1 atom stereocenters. The van der Waals surface area contributed by atoms with Crippen molar-refractivity contribution in [3.05, 3.63) is 42.0 Å². The van der Waals surface area contributed by atoms with Crippen molar-refractivity contribution >= 4 is 29.9 Å². The zero-order valence-electron chi connectivity index (χ0n) is 13.9. The summed E-state index contributed by atoms with van der Waals surface area (Å²) >= 11 is 0. The third-order valence-corrected chi connectivity index (χ3v) is 4.04. The molecule has 3 rings (SSSR count). The van der Waals surface area contributed by atoms with Crippen LogP contribution in [0, 0.1) is 0 Å². The van der Waals surface area contributed by atoms with E-state index in [-0.39, 0.29) is 24.0 Å². The number of nitrogens with one attached hydrogen (secondary N) is 2. The van der Waals surface area contributed by atoms with Gasteiger partial charge in [0, 0.05) is 26.6 Å². The fourth-order valence-electron chi connectivity index (χ4n) is 2.71. The quantitative estimate of drug-likeness (QED) is 0.428. The van der Waals surface area contributed by atoms with E-state index in [0.717, 1.165) is 37.1 Å². The van der Waals surface area contributed by atoms with Gasteiger partial charge < -0.3 is 15.4 Å². The summed E-state index contributed by atoms with van der Waals surface area (Å²) < 4.78 is 7.45. The molecule has 0 bridgehead atoms. The van der Waals surface area contributed by atoms with Gasteiger partial charge in [0.1, 0.15) is 17.9 Å². The van der Waals surface area contributed by atoms with Crippen LogP contribution in [0.5, 0.6) is 5.75 Å². The molecular weight excluding hydrogens is 419 g/mol. The number of aliphatic imine (C=N–C) groups is 1. The van der Waals surface area contributed by atoms with Gasteiger partial charge in [-0.2, -0.15) is 5.10 Å². The van der Waals surface area contributed by atoms with E-state index < -0.39 is 0 Å². The Kier molecular flexibility index (Phi) is 6.83. The number of halogens is 1. The van der Waals surface area contributed by atoms with Crippen molar-refractivity contribution in [2.45, 2.75) is 18.9 Å². The van der Waals surface area contributed by atoms with E-state index in [9.17, 15) is 0 Å². The monoisotopic (exact) mass is 442 g/mol. The number of rotatable bonds is 4. The first kappa shape index (κ1) is 18.5. The van der Waals surface area contributed by atoms with Gasteiger partial charge in [0.05, 0.1) is 13.2 Å². The lowest BCUT2D eigenvalue weighted by atomic mass is 9.93. The molecule has 0 radical (unpaired) electrons. The molecule has 1 aromatic carbocycles. The minimum Gasteiger partial charge on any atom is -0.493 e. The fourth-order valence-corrected chi connectivity index (χ4v) is 2.71. The lowest BCUT2D eigenvalue weighted by Crippen LogP contribution is -2.40. The minimum atomic E-state index is 0. The van der Waals surface area contributed by atoms with Crippen LogP contribution in [0.4, 0.5) is 0 Å². The molecule has 1 unspecified atom stereocenters. The molecule has 0 amide bonds. The lowest BCUT2D eigenvalue weighted by molar-refractivity contribution is 0.267. The van der Waals surface area contributed by atoms with E-state index in [1.165, 1.54) is 5.56 Å². The second-order valence-corrected chi connectivity index (χ2v) is 5.48. The zero-order chi connectivity index (χ0) is 16.1. The molecule has 2 heterocycles. The van der Waals surface area contributed by atoms with Gasteiger partial charge in [-0.1, -0.05) is 18.2 Å². The SMILES string of the molecule is CN=C(NCc1ncnn1C)NCC1CCOc2ccccc21.I. The molecule has 1 aliphatic rings. The molecular formula is C16H23IN6O. The molecule has 0 spiro atoms. The Balaban J connectivity index is 0.00000208. The van der Waals surface area contributed by atoms with E-state index in [0.29, 0.717) is 12.5 Å². The lowest BCUT2D eigenvalue weighted by Gasteiger charge is -2.26. The maximum atomic E-state index is 5.70. The first-order valence-corrected chi connectivity index (χ1v) is 7.77. The minimum absolute atomic E-state index is 0. The van der Waals surface area contributed by atoms with Crippen molar-refractivity contribution in [3.63, 3.8) is 0 Å². The number of hydrogen-bond acceptors (Lipinski definition) is 4. The Hall–Kier alpha value is -1.84.